The average Bonchev–Trinajstić information content (AvgIpc) is 2.84. The predicted molar refractivity (Wildman–Crippen MR) is 72.4 cm³/mol. The van der Waals surface area contributed by atoms with Crippen molar-refractivity contribution >= 4 is 29.1 Å². The molecule has 0 fully saturated rings. The summed E-state index contributed by atoms with van der Waals surface area (Å²) in [6.07, 6.45) is 0. The molecular formula is C12H10FNO3S2. The number of hydrogen-bond acceptors (Lipinski definition) is 5. The Labute approximate surface area is 117 Å². The van der Waals surface area contributed by atoms with Gasteiger partial charge in [0.05, 0.1) is 24.1 Å². The van der Waals surface area contributed by atoms with Gasteiger partial charge in [-0.05, 0) is 12.1 Å². The van der Waals surface area contributed by atoms with Crippen LogP contribution in [-0.4, -0.2) is 28.9 Å². The molecule has 0 spiro atoms. The second-order valence-corrected chi connectivity index (χ2v) is 5.58. The number of halogens is 1. The number of thioether (sulfide) groups is 1. The molecule has 0 saturated heterocycles. The maximum atomic E-state index is 13.8. The minimum Gasteiger partial charge on any atom is -0.496 e. The van der Waals surface area contributed by atoms with Crippen LogP contribution in [0.25, 0.3) is 11.3 Å². The van der Waals surface area contributed by atoms with Gasteiger partial charge in [-0.15, -0.1) is 11.3 Å². The molecule has 0 radical (unpaired) electrons. The van der Waals surface area contributed by atoms with E-state index in [0.29, 0.717) is 21.3 Å². The normalized spacial score (nSPS) is 10.4. The molecule has 0 aliphatic rings. The number of benzene rings is 1. The Morgan fingerprint density at radius 3 is 3.05 bits per heavy atom. The molecule has 4 nitrogen and oxygen atoms in total. The molecule has 0 unspecified atom stereocenters. The van der Waals surface area contributed by atoms with E-state index in [1.54, 1.807) is 17.5 Å². The van der Waals surface area contributed by atoms with E-state index in [9.17, 15) is 9.18 Å². The quantitative estimate of drug-likeness (QED) is 0.860. The predicted octanol–water partition coefficient (Wildman–Crippen LogP) is 3.13. The zero-order chi connectivity index (χ0) is 13.8. The van der Waals surface area contributed by atoms with Crippen molar-refractivity contribution in [2.75, 3.05) is 12.9 Å². The number of aromatic nitrogens is 1. The number of carboxylic acid groups (broad SMARTS) is 1. The third kappa shape index (κ3) is 3.24. The van der Waals surface area contributed by atoms with Gasteiger partial charge in [0.25, 0.3) is 0 Å². The summed E-state index contributed by atoms with van der Waals surface area (Å²) in [5.41, 5.74) is 0.747. The summed E-state index contributed by atoms with van der Waals surface area (Å²) in [6, 6.07) is 4.55. The van der Waals surface area contributed by atoms with Crippen molar-refractivity contribution in [3.63, 3.8) is 0 Å². The summed E-state index contributed by atoms with van der Waals surface area (Å²) in [6.45, 7) is 0. The zero-order valence-electron chi connectivity index (χ0n) is 9.92. The molecule has 1 aromatic carbocycles. The van der Waals surface area contributed by atoms with Crippen molar-refractivity contribution in [1.82, 2.24) is 4.98 Å². The third-order valence-electron chi connectivity index (χ3n) is 2.25. The summed E-state index contributed by atoms with van der Waals surface area (Å²) in [5.74, 6) is -0.994. The number of methoxy groups -OCH3 is 1. The third-order valence-corrected chi connectivity index (χ3v) is 4.26. The summed E-state index contributed by atoms with van der Waals surface area (Å²) in [4.78, 5) is 14.7. The fourth-order valence-corrected chi connectivity index (χ4v) is 3.02. The SMILES string of the molecule is COc1cccc(F)c1-c1csc(SCC(=O)O)n1. The highest BCUT2D eigenvalue weighted by atomic mass is 32.2. The molecule has 100 valence electrons. The average molecular weight is 299 g/mol. The zero-order valence-corrected chi connectivity index (χ0v) is 11.6. The van der Waals surface area contributed by atoms with Crippen LogP contribution in [0.2, 0.25) is 0 Å². The number of thiazole rings is 1. The number of carboxylic acids is 1. The van der Waals surface area contributed by atoms with Gasteiger partial charge in [0, 0.05) is 5.38 Å². The Hall–Kier alpha value is -1.60. The maximum absolute atomic E-state index is 13.8. The fraction of sp³-hybridized carbons (Fsp3) is 0.167. The lowest BCUT2D eigenvalue weighted by Gasteiger charge is -2.06. The van der Waals surface area contributed by atoms with Crippen LogP contribution in [0.1, 0.15) is 0 Å². The maximum Gasteiger partial charge on any atom is 0.313 e. The highest BCUT2D eigenvalue weighted by Crippen LogP contribution is 2.35. The van der Waals surface area contributed by atoms with Gasteiger partial charge in [-0.3, -0.25) is 4.79 Å². The van der Waals surface area contributed by atoms with Crippen molar-refractivity contribution in [2.45, 2.75) is 4.34 Å². The van der Waals surface area contributed by atoms with E-state index < -0.39 is 11.8 Å². The molecule has 2 aromatic rings. The highest BCUT2D eigenvalue weighted by Gasteiger charge is 2.15. The second kappa shape index (κ2) is 6.03. The van der Waals surface area contributed by atoms with Crippen LogP contribution >= 0.6 is 23.1 Å². The number of aliphatic carboxylic acids is 1. The number of ether oxygens (including phenoxy) is 1. The van der Waals surface area contributed by atoms with Crippen LogP contribution in [0.4, 0.5) is 4.39 Å². The standard InChI is InChI=1S/C12H10FNO3S2/c1-17-9-4-2-3-7(13)11(9)8-5-18-12(14-8)19-6-10(15)16/h2-5H,6H2,1H3,(H,15,16). The van der Waals surface area contributed by atoms with E-state index in [2.05, 4.69) is 4.98 Å². The van der Waals surface area contributed by atoms with E-state index in [4.69, 9.17) is 9.84 Å². The molecule has 0 amide bonds. The van der Waals surface area contributed by atoms with Gasteiger partial charge < -0.3 is 9.84 Å². The van der Waals surface area contributed by atoms with Gasteiger partial charge >= 0.3 is 5.97 Å². The van der Waals surface area contributed by atoms with Crippen LogP contribution in [0.15, 0.2) is 27.9 Å². The highest BCUT2D eigenvalue weighted by molar-refractivity contribution is 8.01. The van der Waals surface area contributed by atoms with Gasteiger partial charge in [0.15, 0.2) is 4.34 Å². The summed E-state index contributed by atoms with van der Waals surface area (Å²) in [5, 5.41) is 10.3. The van der Waals surface area contributed by atoms with Gasteiger partial charge in [0.2, 0.25) is 0 Å². The molecule has 7 heteroatoms. The van der Waals surface area contributed by atoms with Crippen molar-refractivity contribution in [1.29, 1.82) is 0 Å². The Morgan fingerprint density at radius 1 is 1.58 bits per heavy atom. The molecule has 1 N–H and O–H groups in total. The first-order chi connectivity index (χ1) is 9.11. The molecule has 0 aliphatic heterocycles. The molecule has 0 saturated carbocycles. The van der Waals surface area contributed by atoms with Crippen molar-refractivity contribution in [2.24, 2.45) is 0 Å². The first-order valence-corrected chi connectivity index (χ1v) is 7.11. The first kappa shape index (κ1) is 13.8. The molecule has 1 heterocycles. The largest absolute Gasteiger partial charge is 0.496 e. The molecule has 2 rings (SSSR count). The summed E-state index contributed by atoms with van der Waals surface area (Å²) in [7, 11) is 1.46. The van der Waals surface area contributed by atoms with Crippen LogP contribution < -0.4 is 4.74 Å². The molecule has 0 atom stereocenters. The fourth-order valence-electron chi connectivity index (χ4n) is 1.48. The van der Waals surface area contributed by atoms with Crippen molar-refractivity contribution in [3.05, 3.63) is 29.4 Å². The lowest BCUT2D eigenvalue weighted by Crippen LogP contribution is -1.97. The van der Waals surface area contributed by atoms with E-state index in [1.165, 1.54) is 24.5 Å². The van der Waals surface area contributed by atoms with Crippen molar-refractivity contribution < 1.29 is 19.0 Å². The lowest BCUT2D eigenvalue weighted by molar-refractivity contribution is -0.133. The van der Waals surface area contributed by atoms with Gasteiger partial charge in [-0.1, -0.05) is 17.8 Å². The number of hydrogen-bond donors (Lipinski definition) is 1. The minimum absolute atomic E-state index is 0.0681. The lowest BCUT2D eigenvalue weighted by atomic mass is 10.1. The van der Waals surface area contributed by atoms with Gasteiger partial charge in [-0.2, -0.15) is 0 Å². The van der Waals surface area contributed by atoms with Crippen molar-refractivity contribution in [3.8, 4) is 17.0 Å². The van der Waals surface area contributed by atoms with Crippen LogP contribution in [-0.2, 0) is 4.79 Å². The molecule has 1 aromatic heterocycles. The molecule has 0 bridgehead atoms. The van der Waals surface area contributed by atoms with Crippen LogP contribution in [0.5, 0.6) is 5.75 Å². The van der Waals surface area contributed by atoms with E-state index in [0.717, 1.165) is 11.8 Å². The second-order valence-electron chi connectivity index (χ2n) is 3.50. The van der Waals surface area contributed by atoms with Gasteiger partial charge in [-0.25, -0.2) is 9.37 Å². The Morgan fingerprint density at radius 2 is 2.37 bits per heavy atom. The number of carbonyl (C=O) groups is 1. The molecule has 0 aliphatic carbocycles. The summed E-state index contributed by atoms with van der Waals surface area (Å²) < 4.78 is 19.5. The monoisotopic (exact) mass is 299 g/mol. The Kier molecular flexibility index (Phi) is 4.39. The van der Waals surface area contributed by atoms with E-state index in [-0.39, 0.29) is 5.75 Å². The number of rotatable bonds is 5. The Balaban J connectivity index is 2.30. The van der Waals surface area contributed by atoms with Crippen LogP contribution in [0.3, 0.4) is 0 Å². The topological polar surface area (TPSA) is 59.4 Å². The Bertz CT molecular complexity index is 600. The number of nitrogens with zero attached hydrogens (tertiary/aromatic N) is 1. The van der Waals surface area contributed by atoms with Crippen LogP contribution in [0, 0.1) is 5.82 Å². The molecular weight excluding hydrogens is 289 g/mol. The smallest absolute Gasteiger partial charge is 0.313 e. The minimum atomic E-state index is -0.912. The van der Waals surface area contributed by atoms with E-state index >= 15 is 0 Å². The van der Waals surface area contributed by atoms with E-state index in [1.807, 2.05) is 0 Å². The first-order valence-electron chi connectivity index (χ1n) is 5.25. The van der Waals surface area contributed by atoms with Gasteiger partial charge in [0.1, 0.15) is 11.6 Å². The summed E-state index contributed by atoms with van der Waals surface area (Å²) >= 11 is 2.39. The molecule has 19 heavy (non-hydrogen) atoms.